The molecule has 0 bridgehead atoms. The molecule has 5 aromatic carbocycles. The molecule has 0 atom stereocenters. The minimum atomic E-state index is 0.00297. The molecule has 1 aliphatic rings. The number of benzene rings is 5. The molecule has 0 saturated carbocycles. The van der Waals surface area contributed by atoms with Crippen LogP contribution in [0.1, 0.15) is 26.3 Å². The van der Waals surface area contributed by atoms with Gasteiger partial charge in [0.05, 0.1) is 34.8 Å². The summed E-state index contributed by atoms with van der Waals surface area (Å²) in [6.07, 6.45) is 1.91. The van der Waals surface area contributed by atoms with E-state index in [1.807, 2.05) is 18.3 Å². The number of furan rings is 1. The molecule has 0 N–H and O–H groups in total. The van der Waals surface area contributed by atoms with Crippen LogP contribution in [-0.4, -0.2) is 23.3 Å². The van der Waals surface area contributed by atoms with E-state index in [1.165, 1.54) is 16.6 Å². The molecule has 0 saturated heterocycles. The van der Waals surface area contributed by atoms with E-state index in [2.05, 4.69) is 145 Å². The minimum absolute atomic E-state index is 0.00297. The Labute approximate surface area is 273 Å². The van der Waals surface area contributed by atoms with Crippen molar-refractivity contribution in [1.82, 2.24) is 9.55 Å². The first kappa shape index (κ1) is 27.6. The largest absolute Gasteiger partial charge is 0.457 e. The summed E-state index contributed by atoms with van der Waals surface area (Å²) in [6.45, 7) is 7.41. The van der Waals surface area contributed by atoms with Crippen molar-refractivity contribution >= 4 is 60.8 Å². The maximum absolute atomic E-state index is 6.78. The van der Waals surface area contributed by atoms with Gasteiger partial charge in [-0.1, -0.05) is 69.3 Å². The highest BCUT2D eigenvalue weighted by Gasteiger charge is 2.28. The zero-order chi connectivity index (χ0) is 31.9. The number of ether oxygens (including phenoxy) is 1. The van der Waals surface area contributed by atoms with Crippen LogP contribution in [0.4, 0.5) is 17.1 Å². The fourth-order valence-corrected chi connectivity index (χ4v) is 7.03. The first-order chi connectivity index (χ1) is 22.8. The fraction of sp³-hybridized carbons (Fsp3) is 0.146. The van der Waals surface area contributed by atoms with Crippen LogP contribution in [0.2, 0.25) is 0 Å². The Kier molecular flexibility index (Phi) is 5.94. The third-order valence-electron chi connectivity index (χ3n) is 9.38. The molecule has 0 radical (unpaired) electrons. The number of hydrogen-bond donors (Lipinski definition) is 0. The summed E-state index contributed by atoms with van der Waals surface area (Å²) in [7, 11) is 2.12. The Morgan fingerprint density at radius 2 is 1.40 bits per heavy atom. The second-order valence-electron chi connectivity index (χ2n) is 13.5. The predicted octanol–water partition coefficient (Wildman–Crippen LogP) is 10.7. The van der Waals surface area contributed by atoms with E-state index >= 15 is 0 Å². The summed E-state index contributed by atoms with van der Waals surface area (Å²) in [5, 5.41) is 4.43. The molecular weight excluding hydrogens is 580 g/mol. The SMILES string of the molecule is CN1CN(c2cc(Oc3ccc4c5ccccc5n(-c5cc(C(C)(C)C)ccn5)c4c3)cc3c2oc2ccccc23)c2ccccc21. The molecule has 0 amide bonds. The molecule has 6 nitrogen and oxygen atoms in total. The van der Waals surface area contributed by atoms with Gasteiger partial charge in [-0.15, -0.1) is 0 Å². The van der Waals surface area contributed by atoms with Crippen LogP contribution in [0.5, 0.6) is 11.5 Å². The van der Waals surface area contributed by atoms with E-state index in [-0.39, 0.29) is 5.41 Å². The summed E-state index contributed by atoms with van der Waals surface area (Å²) in [4.78, 5) is 9.41. The highest BCUT2D eigenvalue weighted by atomic mass is 16.5. The van der Waals surface area contributed by atoms with Crippen molar-refractivity contribution < 1.29 is 9.15 Å². The van der Waals surface area contributed by atoms with E-state index in [4.69, 9.17) is 14.1 Å². The van der Waals surface area contributed by atoms with Crippen LogP contribution < -0.4 is 14.5 Å². The Morgan fingerprint density at radius 3 is 2.26 bits per heavy atom. The van der Waals surface area contributed by atoms with E-state index in [0.29, 0.717) is 6.67 Å². The fourth-order valence-electron chi connectivity index (χ4n) is 7.03. The summed E-state index contributed by atoms with van der Waals surface area (Å²) >= 11 is 0. The number of para-hydroxylation sites is 4. The number of anilines is 3. The maximum atomic E-state index is 6.78. The molecule has 1 aliphatic heterocycles. The van der Waals surface area contributed by atoms with Crippen LogP contribution in [0.3, 0.4) is 0 Å². The Balaban J connectivity index is 1.21. The van der Waals surface area contributed by atoms with Gasteiger partial charge in [0.25, 0.3) is 0 Å². The topological polar surface area (TPSA) is 46.7 Å². The summed E-state index contributed by atoms with van der Waals surface area (Å²) in [5.74, 6) is 2.40. The lowest BCUT2D eigenvalue weighted by atomic mass is 9.88. The second kappa shape index (κ2) is 10.1. The number of nitrogens with zero attached hydrogens (tertiary/aromatic N) is 4. The predicted molar refractivity (Wildman–Crippen MR) is 193 cm³/mol. The van der Waals surface area contributed by atoms with E-state index in [0.717, 1.165) is 67.0 Å². The molecule has 47 heavy (non-hydrogen) atoms. The van der Waals surface area contributed by atoms with Crippen molar-refractivity contribution in [1.29, 1.82) is 0 Å². The molecule has 6 heteroatoms. The van der Waals surface area contributed by atoms with Crippen molar-refractivity contribution in [2.24, 2.45) is 0 Å². The van der Waals surface area contributed by atoms with Gasteiger partial charge in [-0.05, 0) is 65.6 Å². The number of hydrogen-bond acceptors (Lipinski definition) is 5. The van der Waals surface area contributed by atoms with Crippen molar-refractivity contribution in [3.63, 3.8) is 0 Å². The second-order valence-corrected chi connectivity index (χ2v) is 13.5. The van der Waals surface area contributed by atoms with Gasteiger partial charge in [-0.3, -0.25) is 4.57 Å². The van der Waals surface area contributed by atoms with Gasteiger partial charge < -0.3 is 19.0 Å². The van der Waals surface area contributed by atoms with Crippen molar-refractivity contribution in [2.45, 2.75) is 26.2 Å². The molecule has 0 aliphatic carbocycles. The van der Waals surface area contributed by atoms with Gasteiger partial charge in [0.2, 0.25) is 0 Å². The summed E-state index contributed by atoms with van der Waals surface area (Å²) in [6, 6.07) is 40.1. The van der Waals surface area contributed by atoms with Gasteiger partial charge in [0, 0.05) is 46.9 Å². The molecule has 8 aromatic rings. The van der Waals surface area contributed by atoms with Gasteiger partial charge in [-0.25, -0.2) is 4.98 Å². The summed E-state index contributed by atoms with van der Waals surface area (Å²) in [5.41, 5.74) is 8.42. The zero-order valence-electron chi connectivity index (χ0n) is 26.9. The average Bonchev–Trinajstić information content (AvgIpc) is 3.73. The molecule has 0 unspecified atom stereocenters. The summed E-state index contributed by atoms with van der Waals surface area (Å²) < 4.78 is 15.5. The lowest BCUT2D eigenvalue weighted by molar-refractivity contribution is 0.484. The third-order valence-corrected chi connectivity index (χ3v) is 9.38. The number of aromatic nitrogens is 2. The first-order valence-corrected chi connectivity index (χ1v) is 16.0. The monoisotopic (exact) mass is 614 g/mol. The number of fused-ring (bicyclic) bond motifs is 7. The van der Waals surface area contributed by atoms with Crippen LogP contribution >= 0.6 is 0 Å². The molecule has 230 valence electrons. The van der Waals surface area contributed by atoms with Gasteiger partial charge in [-0.2, -0.15) is 0 Å². The highest BCUT2D eigenvalue weighted by Crippen LogP contribution is 2.46. The third kappa shape index (κ3) is 4.36. The maximum Gasteiger partial charge on any atom is 0.159 e. The van der Waals surface area contributed by atoms with E-state index < -0.39 is 0 Å². The molecule has 0 fully saturated rings. The van der Waals surface area contributed by atoms with Crippen LogP contribution in [0, 0.1) is 0 Å². The van der Waals surface area contributed by atoms with E-state index in [1.54, 1.807) is 0 Å². The first-order valence-electron chi connectivity index (χ1n) is 16.0. The molecule has 0 spiro atoms. The van der Waals surface area contributed by atoms with Crippen molar-refractivity contribution in [3.8, 4) is 17.3 Å². The standard InChI is InChI=1S/C41H34N4O2/c1-41(2,3)26-19-20-42-39(21-26)45-33-13-7-5-11-29(33)30-18-17-27(23-36(30)45)46-28-22-32-31-12-6-10-16-38(31)47-40(32)37(24-28)44-25-43(4)34-14-8-9-15-35(34)44/h5-24H,25H2,1-4H3. The average molecular weight is 615 g/mol. The smallest absolute Gasteiger partial charge is 0.159 e. The number of pyridine rings is 1. The zero-order valence-corrected chi connectivity index (χ0v) is 26.9. The van der Waals surface area contributed by atoms with E-state index in [9.17, 15) is 0 Å². The molecule has 3 aromatic heterocycles. The van der Waals surface area contributed by atoms with Crippen molar-refractivity contribution in [2.75, 3.05) is 23.5 Å². The van der Waals surface area contributed by atoms with Crippen LogP contribution in [-0.2, 0) is 5.41 Å². The van der Waals surface area contributed by atoms with Crippen molar-refractivity contribution in [3.05, 3.63) is 127 Å². The van der Waals surface area contributed by atoms with Gasteiger partial charge in [0.1, 0.15) is 22.9 Å². The quantitative estimate of drug-likeness (QED) is 0.197. The Hall–Kier alpha value is -5.75. The van der Waals surface area contributed by atoms with Crippen LogP contribution in [0.25, 0.3) is 49.6 Å². The Morgan fingerprint density at radius 1 is 0.660 bits per heavy atom. The van der Waals surface area contributed by atoms with Gasteiger partial charge >= 0.3 is 0 Å². The van der Waals surface area contributed by atoms with Crippen LogP contribution in [0.15, 0.2) is 126 Å². The van der Waals surface area contributed by atoms with Gasteiger partial charge in [0.15, 0.2) is 5.58 Å². The number of rotatable bonds is 4. The Bertz CT molecular complexity index is 2500. The lowest BCUT2D eigenvalue weighted by Crippen LogP contribution is -2.24. The molecule has 9 rings (SSSR count). The molecule has 4 heterocycles. The lowest BCUT2D eigenvalue weighted by Gasteiger charge is -2.21. The highest BCUT2D eigenvalue weighted by molar-refractivity contribution is 6.11. The molecular formula is C41H34N4O2. The normalized spacial score (nSPS) is 13.4. The minimum Gasteiger partial charge on any atom is -0.457 e.